The molecule has 1 aliphatic heterocycles. The first-order valence-corrected chi connectivity index (χ1v) is 5.67. The molecular weight excluding hydrogens is 238 g/mol. The van der Waals surface area contributed by atoms with Crippen LogP contribution in [0.4, 0.5) is 5.82 Å². The second-order valence-electron chi connectivity index (χ2n) is 5.01. The van der Waals surface area contributed by atoms with E-state index in [1.807, 2.05) is 0 Å². The third-order valence-electron chi connectivity index (χ3n) is 3.46. The molecule has 0 amide bonds. The number of aromatic nitrogens is 2. The standard InChI is InChI=1S/C11H17N3O4/c1-11(2)6(5-15)18-9(8(11)16)14-4-3-7(12)13-10(14)17/h3-4,6,8-9,15-16H,5H2,1-2H3,(H2,12,13,17). The Morgan fingerprint density at radius 1 is 1.61 bits per heavy atom. The van der Waals surface area contributed by atoms with Crippen LogP contribution in [0.15, 0.2) is 17.1 Å². The van der Waals surface area contributed by atoms with E-state index in [1.165, 1.54) is 16.8 Å². The molecule has 1 saturated heterocycles. The third kappa shape index (κ3) is 1.90. The largest absolute Gasteiger partial charge is 0.394 e. The van der Waals surface area contributed by atoms with Gasteiger partial charge in [-0.3, -0.25) is 4.57 Å². The third-order valence-corrected chi connectivity index (χ3v) is 3.46. The van der Waals surface area contributed by atoms with Gasteiger partial charge in [-0.25, -0.2) is 4.79 Å². The number of nitrogens with zero attached hydrogens (tertiary/aromatic N) is 2. The molecule has 2 heterocycles. The maximum absolute atomic E-state index is 11.7. The number of hydrogen-bond donors (Lipinski definition) is 3. The van der Waals surface area contributed by atoms with Gasteiger partial charge in [0.1, 0.15) is 11.9 Å². The van der Waals surface area contributed by atoms with E-state index >= 15 is 0 Å². The molecule has 7 nitrogen and oxygen atoms in total. The highest BCUT2D eigenvalue weighted by Gasteiger charge is 2.50. The van der Waals surface area contributed by atoms with Crippen LogP contribution in [0.25, 0.3) is 0 Å². The van der Waals surface area contributed by atoms with Crippen LogP contribution in [0.3, 0.4) is 0 Å². The first-order chi connectivity index (χ1) is 8.37. The van der Waals surface area contributed by atoms with Crippen LogP contribution in [-0.2, 0) is 4.74 Å². The predicted molar refractivity (Wildman–Crippen MR) is 63.7 cm³/mol. The monoisotopic (exact) mass is 255 g/mol. The van der Waals surface area contributed by atoms with Gasteiger partial charge in [0, 0.05) is 11.6 Å². The van der Waals surface area contributed by atoms with Crippen LogP contribution in [0.1, 0.15) is 20.1 Å². The Morgan fingerprint density at radius 3 is 2.78 bits per heavy atom. The van der Waals surface area contributed by atoms with E-state index in [2.05, 4.69) is 4.98 Å². The number of anilines is 1. The fourth-order valence-corrected chi connectivity index (χ4v) is 2.09. The lowest BCUT2D eigenvalue weighted by molar-refractivity contribution is -0.0545. The molecule has 3 unspecified atom stereocenters. The normalized spacial score (nSPS) is 30.6. The topological polar surface area (TPSA) is 111 Å². The van der Waals surface area contributed by atoms with Crippen molar-refractivity contribution in [3.05, 3.63) is 22.7 Å². The first-order valence-electron chi connectivity index (χ1n) is 5.67. The number of nitrogens with two attached hydrogens (primary N) is 1. The molecule has 1 aromatic rings. The van der Waals surface area contributed by atoms with Crippen molar-refractivity contribution in [1.82, 2.24) is 9.55 Å². The van der Waals surface area contributed by atoms with Crippen molar-refractivity contribution in [3.8, 4) is 0 Å². The van der Waals surface area contributed by atoms with Crippen LogP contribution in [-0.4, -0.2) is 38.6 Å². The van der Waals surface area contributed by atoms with E-state index in [1.54, 1.807) is 13.8 Å². The molecule has 1 aliphatic rings. The van der Waals surface area contributed by atoms with Gasteiger partial charge in [-0.2, -0.15) is 4.98 Å². The number of hydrogen-bond acceptors (Lipinski definition) is 6. The Labute approximate surface area is 104 Å². The molecule has 0 aromatic carbocycles. The number of rotatable bonds is 2. The summed E-state index contributed by atoms with van der Waals surface area (Å²) in [5, 5.41) is 19.4. The summed E-state index contributed by atoms with van der Waals surface area (Å²) < 4.78 is 6.71. The van der Waals surface area contributed by atoms with Crippen LogP contribution < -0.4 is 11.4 Å². The lowest BCUT2D eigenvalue weighted by Crippen LogP contribution is -2.38. The molecule has 18 heavy (non-hydrogen) atoms. The van der Waals surface area contributed by atoms with E-state index in [-0.39, 0.29) is 12.4 Å². The predicted octanol–water partition coefficient (Wildman–Crippen LogP) is -0.898. The minimum atomic E-state index is -0.919. The summed E-state index contributed by atoms with van der Waals surface area (Å²) in [5.41, 5.74) is 4.16. The average Bonchev–Trinajstić information content (AvgIpc) is 2.52. The van der Waals surface area contributed by atoms with Crippen molar-refractivity contribution in [2.45, 2.75) is 32.3 Å². The number of aliphatic hydroxyl groups is 2. The van der Waals surface area contributed by atoms with Crippen LogP contribution in [0.5, 0.6) is 0 Å². The van der Waals surface area contributed by atoms with Crippen LogP contribution in [0, 0.1) is 5.41 Å². The summed E-state index contributed by atoms with van der Waals surface area (Å²) in [6.07, 6.45) is -0.897. The van der Waals surface area contributed by atoms with Crippen molar-refractivity contribution in [3.63, 3.8) is 0 Å². The van der Waals surface area contributed by atoms with Gasteiger partial charge in [0.05, 0.1) is 12.7 Å². The maximum atomic E-state index is 11.7. The molecule has 0 spiro atoms. The summed E-state index contributed by atoms with van der Waals surface area (Å²) in [5.74, 6) is 0.113. The Hall–Kier alpha value is -1.44. The fraction of sp³-hybridized carbons (Fsp3) is 0.636. The highest BCUT2D eigenvalue weighted by atomic mass is 16.5. The molecular formula is C11H17N3O4. The summed E-state index contributed by atoms with van der Waals surface area (Å²) in [7, 11) is 0. The second-order valence-corrected chi connectivity index (χ2v) is 5.01. The molecule has 0 radical (unpaired) electrons. The Bertz CT molecular complexity index is 499. The van der Waals surface area contributed by atoms with Gasteiger partial charge in [-0.15, -0.1) is 0 Å². The summed E-state index contributed by atoms with van der Waals surface area (Å²) in [6, 6.07) is 1.46. The number of nitrogen functional groups attached to an aromatic ring is 1. The smallest absolute Gasteiger partial charge is 0.351 e. The highest BCUT2D eigenvalue weighted by Crippen LogP contribution is 2.42. The zero-order chi connectivity index (χ0) is 13.5. The molecule has 0 bridgehead atoms. The zero-order valence-electron chi connectivity index (χ0n) is 10.3. The molecule has 0 saturated carbocycles. The summed E-state index contributed by atoms with van der Waals surface area (Å²) in [6.45, 7) is 3.32. The van der Waals surface area contributed by atoms with Crippen LogP contribution in [0.2, 0.25) is 0 Å². The van der Waals surface area contributed by atoms with E-state index in [9.17, 15) is 15.0 Å². The lowest BCUT2D eigenvalue weighted by Gasteiger charge is -2.26. The van der Waals surface area contributed by atoms with Gasteiger partial charge in [-0.1, -0.05) is 13.8 Å². The van der Waals surface area contributed by atoms with Gasteiger partial charge >= 0.3 is 5.69 Å². The van der Waals surface area contributed by atoms with Gasteiger partial charge in [0.2, 0.25) is 0 Å². The molecule has 2 rings (SSSR count). The lowest BCUT2D eigenvalue weighted by atomic mass is 9.83. The quantitative estimate of drug-likeness (QED) is 0.631. The van der Waals surface area contributed by atoms with E-state index in [0.29, 0.717) is 0 Å². The van der Waals surface area contributed by atoms with E-state index in [4.69, 9.17) is 10.5 Å². The Kier molecular flexibility index (Phi) is 3.14. The molecule has 100 valence electrons. The summed E-state index contributed by atoms with van der Waals surface area (Å²) in [4.78, 5) is 15.3. The second kappa shape index (κ2) is 4.34. The fourth-order valence-electron chi connectivity index (χ4n) is 2.09. The number of aliphatic hydroxyl groups excluding tert-OH is 2. The van der Waals surface area contributed by atoms with Gasteiger partial charge in [0.25, 0.3) is 0 Å². The molecule has 3 atom stereocenters. The average molecular weight is 255 g/mol. The minimum absolute atomic E-state index is 0.113. The minimum Gasteiger partial charge on any atom is -0.394 e. The zero-order valence-corrected chi connectivity index (χ0v) is 10.3. The molecule has 4 N–H and O–H groups in total. The maximum Gasteiger partial charge on any atom is 0.351 e. The molecule has 1 fully saturated rings. The van der Waals surface area contributed by atoms with Crippen LogP contribution >= 0.6 is 0 Å². The van der Waals surface area contributed by atoms with Gasteiger partial charge in [0.15, 0.2) is 6.23 Å². The molecule has 0 aliphatic carbocycles. The summed E-state index contributed by atoms with van der Waals surface area (Å²) >= 11 is 0. The van der Waals surface area contributed by atoms with Gasteiger partial charge in [-0.05, 0) is 6.07 Å². The number of ether oxygens (including phenoxy) is 1. The first kappa shape index (κ1) is 13.0. The van der Waals surface area contributed by atoms with Crippen molar-refractivity contribution < 1.29 is 14.9 Å². The Balaban J connectivity index is 2.38. The van der Waals surface area contributed by atoms with Gasteiger partial charge < -0.3 is 20.7 Å². The van der Waals surface area contributed by atoms with Crippen molar-refractivity contribution in [1.29, 1.82) is 0 Å². The van der Waals surface area contributed by atoms with Crippen molar-refractivity contribution >= 4 is 5.82 Å². The molecule has 7 heteroatoms. The van der Waals surface area contributed by atoms with Crippen molar-refractivity contribution in [2.75, 3.05) is 12.3 Å². The SMILES string of the molecule is CC1(C)C(CO)OC(n2ccc(N)nc2=O)C1O. The molecule has 1 aromatic heterocycles. The van der Waals surface area contributed by atoms with Crippen molar-refractivity contribution in [2.24, 2.45) is 5.41 Å². The van der Waals surface area contributed by atoms with E-state index < -0.39 is 29.5 Å². The Morgan fingerprint density at radius 2 is 2.28 bits per heavy atom. The van der Waals surface area contributed by atoms with E-state index in [0.717, 1.165) is 0 Å². The highest BCUT2D eigenvalue weighted by molar-refractivity contribution is 5.23.